The van der Waals surface area contributed by atoms with Gasteiger partial charge in [-0.15, -0.1) is 4.80 Å². The SMILES string of the molecule is CCOCCc1c(NC(=O)Nc2cc(Cl)c(-n3nccn3)nc2OC)cnc2sc(C)nc12. The first kappa shape index (κ1) is 22.8. The van der Waals surface area contributed by atoms with Crippen molar-refractivity contribution < 1.29 is 14.3 Å². The minimum atomic E-state index is -0.512. The number of urea groups is 1. The van der Waals surface area contributed by atoms with Crippen LogP contribution in [-0.4, -0.2) is 56.3 Å². The summed E-state index contributed by atoms with van der Waals surface area (Å²) in [6.45, 7) is 4.95. The molecule has 0 saturated carbocycles. The van der Waals surface area contributed by atoms with Crippen LogP contribution >= 0.6 is 22.9 Å². The first-order valence-corrected chi connectivity index (χ1v) is 11.2. The molecule has 11 nitrogen and oxygen atoms in total. The Balaban J connectivity index is 1.59. The number of thiazole rings is 1. The largest absolute Gasteiger partial charge is 0.479 e. The molecule has 4 rings (SSSR count). The molecule has 0 aliphatic carbocycles. The smallest absolute Gasteiger partial charge is 0.323 e. The van der Waals surface area contributed by atoms with Gasteiger partial charge < -0.3 is 20.1 Å². The number of hydrogen-bond acceptors (Lipinski definition) is 9. The number of fused-ring (bicyclic) bond motifs is 1. The molecule has 0 radical (unpaired) electrons. The van der Waals surface area contributed by atoms with Crippen LogP contribution < -0.4 is 15.4 Å². The zero-order chi connectivity index (χ0) is 23.4. The van der Waals surface area contributed by atoms with Gasteiger partial charge in [-0.1, -0.05) is 22.9 Å². The molecule has 0 aliphatic rings. The van der Waals surface area contributed by atoms with Gasteiger partial charge in [-0.2, -0.15) is 15.2 Å². The van der Waals surface area contributed by atoms with E-state index in [0.29, 0.717) is 25.3 Å². The van der Waals surface area contributed by atoms with Crippen LogP contribution in [0.4, 0.5) is 16.2 Å². The van der Waals surface area contributed by atoms with Crippen molar-refractivity contribution in [2.45, 2.75) is 20.3 Å². The third kappa shape index (κ3) is 5.02. The summed E-state index contributed by atoms with van der Waals surface area (Å²) in [5.74, 6) is 0.429. The third-order valence-corrected chi connectivity index (χ3v) is 5.72. The summed E-state index contributed by atoms with van der Waals surface area (Å²) >= 11 is 7.84. The molecule has 4 aromatic rings. The van der Waals surface area contributed by atoms with Crippen molar-refractivity contribution in [2.75, 3.05) is 31.0 Å². The van der Waals surface area contributed by atoms with Crippen molar-refractivity contribution in [2.24, 2.45) is 0 Å². The molecule has 0 bridgehead atoms. The van der Waals surface area contributed by atoms with E-state index >= 15 is 0 Å². The average Bonchev–Trinajstić information content (AvgIpc) is 3.44. The van der Waals surface area contributed by atoms with E-state index in [1.54, 1.807) is 6.20 Å². The highest BCUT2D eigenvalue weighted by molar-refractivity contribution is 7.18. The molecule has 0 aromatic carbocycles. The van der Waals surface area contributed by atoms with Gasteiger partial charge in [-0.25, -0.2) is 14.8 Å². The lowest BCUT2D eigenvalue weighted by atomic mass is 10.1. The molecule has 0 spiro atoms. The summed E-state index contributed by atoms with van der Waals surface area (Å²) < 4.78 is 10.8. The Labute approximate surface area is 198 Å². The third-order valence-electron chi connectivity index (χ3n) is 4.56. The van der Waals surface area contributed by atoms with Crippen LogP contribution in [0.5, 0.6) is 5.88 Å². The molecule has 4 aromatic heterocycles. The van der Waals surface area contributed by atoms with Gasteiger partial charge in [0.2, 0.25) is 5.88 Å². The highest BCUT2D eigenvalue weighted by atomic mass is 35.5. The number of aryl methyl sites for hydroxylation is 1. The predicted octanol–water partition coefficient (Wildman–Crippen LogP) is 3.86. The number of nitrogens with zero attached hydrogens (tertiary/aromatic N) is 6. The van der Waals surface area contributed by atoms with Gasteiger partial charge in [0.15, 0.2) is 5.82 Å². The van der Waals surface area contributed by atoms with Gasteiger partial charge in [0.1, 0.15) is 16.0 Å². The van der Waals surface area contributed by atoms with E-state index in [1.807, 2.05) is 13.8 Å². The maximum absolute atomic E-state index is 12.8. The van der Waals surface area contributed by atoms with Crippen molar-refractivity contribution in [3.8, 4) is 11.7 Å². The Morgan fingerprint density at radius 2 is 1.97 bits per heavy atom. The molecular formula is C20H21ClN8O3S. The van der Waals surface area contributed by atoms with Gasteiger partial charge >= 0.3 is 6.03 Å². The Morgan fingerprint density at radius 1 is 1.21 bits per heavy atom. The molecule has 172 valence electrons. The van der Waals surface area contributed by atoms with Crippen LogP contribution in [0.1, 0.15) is 17.5 Å². The summed E-state index contributed by atoms with van der Waals surface area (Å²) in [5, 5.41) is 14.7. The second kappa shape index (κ2) is 10.1. The molecule has 33 heavy (non-hydrogen) atoms. The molecule has 0 atom stereocenters. The van der Waals surface area contributed by atoms with Crippen LogP contribution in [0.3, 0.4) is 0 Å². The molecule has 0 aliphatic heterocycles. The number of nitrogens with one attached hydrogen (secondary N) is 2. The van der Waals surface area contributed by atoms with Crippen molar-refractivity contribution in [1.82, 2.24) is 29.9 Å². The Hall–Kier alpha value is -3.35. The van der Waals surface area contributed by atoms with Crippen molar-refractivity contribution in [3.63, 3.8) is 0 Å². The second-order valence-corrected chi connectivity index (χ2v) is 8.32. The molecule has 4 heterocycles. The number of pyridine rings is 2. The predicted molar refractivity (Wildman–Crippen MR) is 126 cm³/mol. The monoisotopic (exact) mass is 488 g/mol. The molecule has 0 fully saturated rings. The first-order chi connectivity index (χ1) is 16.0. The number of amides is 2. The van der Waals surface area contributed by atoms with E-state index < -0.39 is 6.03 Å². The van der Waals surface area contributed by atoms with Crippen LogP contribution in [0.2, 0.25) is 5.02 Å². The lowest BCUT2D eigenvalue weighted by molar-refractivity contribution is 0.151. The summed E-state index contributed by atoms with van der Waals surface area (Å²) in [4.78, 5) is 28.2. The fourth-order valence-corrected chi connectivity index (χ4v) is 4.17. The van der Waals surface area contributed by atoms with Gasteiger partial charge in [0.25, 0.3) is 0 Å². The summed E-state index contributed by atoms with van der Waals surface area (Å²) in [5.41, 5.74) is 2.44. The molecule has 2 N–H and O–H groups in total. The summed E-state index contributed by atoms with van der Waals surface area (Å²) in [7, 11) is 1.44. The van der Waals surface area contributed by atoms with Crippen molar-refractivity contribution in [1.29, 1.82) is 0 Å². The number of anilines is 2. The van der Waals surface area contributed by atoms with Gasteiger partial charge in [-0.3, -0.25) is 0 Å². The lowest BCUT2D eigenvalue weighted by Gasteiger charge is -2.14. The van der Waals surface area contributed by atoms with E-state index in [-0.39, 0.29) is 22.4 Å². The van der Waals surface area contributed by atoms with Gasteiger partial charge in [0, 0.05) is 18.6 Å². The minimum absolute atomic E-state index is 0.155. The second-order valence-electron chi connectivity index (χ2n) is 6.73. The van der Waals surface area contributed by atoms with Crippen molar-refractivity contribution >= 4 is 50.7 Å². The highest BCUT2D eigenvalue weighted by Gasteiger charge is 2.18. The molecule has 13 heteroatoms. The number of halogens is 1. The quantitative estimate of drug-likeness (QED) is 0.358. The van der Waals surface area contributed by atoms with E-state index in [9.17, 15) is 4.79 Å². The fraction of sp³-hybridized carbons (Fsp3) is 0.300. The molecule has 0 unspecified atom stereocenters. The molecular weight excluding hydrogens is 468 g/mol. The molecule has 0 saturated heterocycles. The average molecular weight is 489 g/mol. The highest BCUT2D eigenvalue weighted by Crippen LogP contribution is 2.31. The number of carbonyl (C=O) groups is 1. The minimum Gasteiger partial charge on any atom is -0.479 e. The van der Waals surface area contributed by atoms with Crippen molar-refractivity contribution in [3.05, 3.63) is 40.3 Å². The number of methoxy groups -OCH3 is 1. The van der Waals surface area contributed by atoms with Gasteiger partial charge in [-0.05, 0) is 19.9 Å². The Kier molecular flexibility index (Phi) is 6.96. The Bertz CT molecular complexity index is 1280. The van der Waals surface area contributed by atoms with Crippen LogP contribution in [-0.2, 0) is 11.2 Å². The zero-order valence-electron chi connectivity index (χ0n) is 18.1. The normalized spacial score (nSPS) is 11.0. The first-order valence-electron chi connectivity index (χ1n) is 10.0. The van der Waals surface area contributed by atoms with Gasteiger partial charge in [0.05, 0.1) is 48.0 Å². The summed E-state index contributed by atoms with van der Waals surface area (Å²) in [6.07, 6.45) is 5.20. The van der Waals surface area contributed by atoms with E-state index in [0.717, 1.165) is 20.9 Å². The lowest BCUT2D eigenvalue weighted by Crippen LogP contribution is -2.21. The number of ether oxygens (including phenoxy) is 2. The fourth-order valence-electron chi connectivity index (χ4n) is 3.16. The maximum atomic E-state index is 12.8. The summed E-state index contributed by atoms with van der Waals surface area (Å²) in [6, 6.07) is 1.01. The number of carbonyl (C=O) groups excluding carboxylic acids is 1. The Morgan fingerprint density at radius 3 is 2.70 bits per heavy atom. The molecule has 2 amide bonds. The van der Waals surface area contributed by atoms with Crippen LogP contribution in [0, 0.1) is 6.92 Å². The van der Waals surface area contributed by atoms with E-state index in [1.165, 1.54) is 41.7 Å². The zero-order valence-corrected chi connectivity index (χ0v) is 19.7. The topological polar surface area (TPSA) is 129 Å². The number of aromatic nitrogens is 6. The number of rotatable bonds is 8. The van der Waals surface area contributed by atoms with E-state index in [2.05, 4.69) is 35.8 Å². The van der Waals surface area contributed by atoms with Crippen LogP contribution in [0.15, 0.2) is 24.7 Å². The standard InChI is InChI=1S/C20H21ClN8O3S/c1-4-32-8-5-12-15(10-22-19-16(12)25-11(2)33-19)27-20(30)26-14-9-13(21)17(28-18(14)31-3)29-23-6-7-24-29/h6-7,9-10H,4-5,8H2,1-3H3,(H2,26,27,30). The van der Waals surface area contributed by atoms with E-state index in [4.69, 9.17) is 21.1 Å². The van der Waals surface area contributed by atoms with Crippen LogP contribution in [0.25, 0.3) is 16.2 Å². The number of hydrogen-bond donors (Lipinski definition) is 2. The maximum Gasteiger partial charge on any atom is 0.323 e.